The van der Waals surface area contributed by atoms with Crippen LogP contribution in [0.4, 0.5) is 0 Å². The highest BCUT2D eigenvalue weighted by atomic mass is 28.4. The Balaban J connectivity index is 1.59. The summed E-state index contributed by atoms with van der Waals surface area (Å²) in [5, 5.41) is 0.268. The van der Waals surface area contributed by atoms with E-state index in [1.54, 1.807) is 0 Å². The third-order valence-electron chi connectivity index (χ3n) is 11.4. The number of ketones is 1. The Hall–Kier alpha value is -0.673. The molecule has 0 aliphatic heterocycles. The number of fused-ring (bicyclic) bond motifs is 5. The molecule has 3 fully saturated rings. The average molecular weight is 471 g/mol. The highest BCUT2D eigenvalue weighted by Gasteiger charge is 2.61. The average Bonchev–Trinajstić information content (AvgIpc) is 3.04. The molecule has 0 heterocycles. The Bertz CT molecular complexity index is 805. The van der Waals surface area contributed by atoms with E-state index in [1.165, 1.54) is 50.5 Å². The number of hydrogen-bond donors (Lipinski definition) is 0. The molecule has 4 aliphatic rings. The van der Waals surface area contributed by atoms with Crippen molar-refractivity contribution in [2.24, 2.45) is 34.5 Å². The van der Waals surface area contributed by atoms with E-state index in [4.69, 9.17) is 4.43 Å². The first-order chi connectivity index (χ1) is 15.3. The van der Waals surface area contributed by atoms with E-state index in [0.29, 0.717) is 23.2 Å². The molecule has 0 aromatic heterocycles. The van der Waals surface area contributed by atoms with Crippen molar-refractivity contribution in [1.29, 1.82) is 0 Å². The van der Waals surface area contributed by atoms with Gasteiger partial charge in [-0.3, -0.25) is 4.79 Å². The van der Waals surface area contributed by atoms with Crippen LogP contribution in [-0.2, 0) is 9.22 Å². The lowest BCUT2D eigenvalue weighted by molar-refractivity contribution is -0.122. The second-order valence-electron chi connectivity index (χ2n) is 13.9. The van der Waals surface area contributed by atoms with Gasteiger partial charge in [0.1, 0.15) is 0 Å². The summed E-state index contributed by atoms with van der Waals surface area (Å²) in [6, 6.07) is 0. The fraction of sp³-hybridized carbons (Fsp3) is 0.833. The van der Waals surface area contributed by atoms with Crippen molar-refractivity contribution >= 4 is 14.1 Å². The molecule has 0 bridgehead atoms. The molecule has 0 aromatic rings. The third kappa shape index (κ3) is 4.18. The highest BCUT2D eigenvalue weighted by molar-refractivity contribution is 6.74. The van der Waals surface area contributed by atoms with Gasteiger partial charge in [-0.15, -0.1) is 6.58 Å². The summed E-state index contributed by atoms with van der Waals surface area (Å²) in [5.41, 5.74) is 2.05. The lowest BCUT2D eigenvalue weighted by Crippen LogP contribution is -2.55. The summed E-state index contributed by atoms with van der Waals surface area (Å²) in [7, 11) is -1.77. The number of carbonyl (C=O) groups is 1. The lowest BCUT2D eigenvalue weighted by atomic mass is 9.45. The zero-order valence-corrected chi connectivity index (χ0v) is 23.6. The van der Waals surface area contributed by atoms with E-state index in [0.717, 1.165) is 37.0 Å². The number of allylic oxidation sites excluding steroid dienone is 2. The van der Waals surface area contributed by atoms with Crippen LogP contribution >= 0.6 is 0 Å². The predicted molar refractivity (Wildman–Crippen MR) is 142 cm³/mol. The van der Waals surface area contributed by atoms with Crippen molar-refractivity contribution in [3.05, 3.63) is 24.3 Å². The van der Waals surface area contributed by atoms with Crippen LogP contribution in [0, 0.1) is 34.5 Å². The van der Waals surface area contributed by atoms with Crippen LogP contribution in [0.15, 0.2) is 24.3 Å². The van der Waals surface area contributed by atoms with Crippen LogP contribution in [0.1, 0.15) is 98.8 Å². The Morgan fingerprint density at radius 1 is 1.15 bits per heavy atom. The second kappa shape index (κ2) is 8.77. The maximum absolute atomic E-state index is 12.6. The molecule has 0 amide bonds. The molecular weight excluding hydrogens is 420 g/mol. The number of unbranched alkanes of at least 4 members (excludes halogenated alkanes) is 1. The smallest absolute Gasteiger partial charge is 0.192 e. The lowest BCUT2D eigenvalue weighted by Gasteiger charge is -2.60. The summed E-state index contributed by atoms with van der Waals surface area (Å²) in [6.07, 6.45) is 16.4. The van der Waals surface area contributed by atoms with Crippen molar-refractivity contribution in [2.75, 3.05) is 0 Å². The summed E-state index contributed by atoms with van der Waals surface area (Å²) in [5.74, 6) is 3.23. The van der Waals surface area contributed by atoms with E-state index in [1.807, 2.05) is 6.08 Å². The largest absolute Gasteiger partial charge is 0.413 e. The van der Waals surface area contributed by atoms with Crippen LogP contribution in [0.3, 0.4) is 0 Å². The van der Waals surface area contributed by atoms with Gasteiger partial charge in [-0.2, -0.15) is 0 Å². The molecule has 3 saturated carbocycles. The monoisotopic (exact) mass is 470 g/mol. The minimum Gasteiger partial charge on any atom is -0.413 e. The third-order valence-corrected chi connectivity index (χ3v) is 15.9. The molecule has 0 aromatic carbocycles. The number of hydrogen-bond acceptors (Lipinski definition) is 2. The molecule has 4 rings (SSSR count). The normalized spacial score (nSPS) is 41.1. The van der Waals surface area contributed by atoms with Gasteiger partial charge in [-0.05, 0) is 116 Å². The Morgan fingerprint density at radius 2 is 1.88 bits per heavy atom. The molecule has 0 radical (unpaired) electrons. The van der Waals surface area contributed by atoms with Gasteiger partial charge in [0.15, 0.2) is 14.1 Å². The highest BCUT2D eigenvalue weighted by Crippen LogP contribution is 2.67. The second-order valence-corrected chi connectivity index (χ2v) is 18.7. The van der Waals surface area contributed by atoms with Crippen molar-refractivity contribution in [2.45, 2.75) is 123 Å². The van der Waals surface area contributed by atoms with Gasteiger partial charge in [0.2, 0.25) is 0 Å². The van der Waals surface area contributed by atoms with Gasteiger partial charge in [0.25, 0.3) is 0 Å². The molecular formula is C30H50O2Si. The van der Waals surface area contributed by atoms with Crippen molar-refractivity contribution in [3.63, 3.8) is 0 Å². The zero-order chi connectivity index (χ0) is 24.2. The van der Waals surface area contributed by atoms with Crippen LogP contribution in [0.2, 0.25) is 18.1 Å². The van der Waals surface area contributed by atoms with Gasteiger partial charge < -0.3 is 4.43 Å². The summed E-state index contributed by atoms with van der Waals surface area (Å²) in [4.78, 5) is 12.6. The maximum atomic E-state index is 12.6. The molecule has 3 heteroatoms. The molecule has 186 valence electrons. The molecule has 0 saturated heterocycles. The fourth-order valence-corrected chi connectivity index (χ4v) is 9.81. The minimum absolute atomic E-state index is 0.220. The van der Waals surface area contributed by atoms with Gasteiger partial charge >= 0.3 is 0 Å². The first kappa shape index (κ1) is 25.4. The number of carbonyl (C=O) groups excluding carboxylic acids is 1. The maximum Gasteiger partial charge on any atom is 0.192 e. The summed E-state index contributed by atoms with van der Waals surface area (Å²) >= 11 is 0. The zero-order valence-electron chi connectivity index (χ0n) is 22.6. The molecule has 7 atom stereocenters. The van der Waals surface area contributed by atoms with Crippen molar-refractivity contribution in [3.8, 4) is 0 Å². The molecule has 4 aliphatic carbocycles. The minimum atomic E-state index is -1.77. The van der Waals surface area contributed by atoms with Crippen LogP contribution < -0.4 is 0 Å². The molecule has 2 nitrogen and oxygen atoms in total. The Kier molecular flexibility index (Phi) is 6.75. The molecule has 33 heavy (non-hydrogen) atoms. The quantitative estimate of drug-likeness (QED) is 0.221. The SMILES string of the molecule is C=CCCC[C@H]1CC(=O)C=C2CC[C@H]3[C@@H]4CC[C@H](O[Si](C)(C)C(C)(C)C)[C@@]4(C)CC[C@@H]3[C@]21C. The number of rotatable bonds is 6. The summed E-state index contributed by atoms with van der Waals surface area (Å²) in [6.45, 7) is 21.0. The van der Waals surface area contributed by atoms with Crippen molar-refractivity contribution < 1.29 is 9.22 Å². The van der Waals surface area contributed by atoms with E-state index in [9.17, 15) is 4.79 Å². The van der Waals surface area contributed by atoms with Gasteiger partial charge in [-0.1, -0.05) is 46.3 Å². The van der Waals surface area contributed by atoms with E-state index in [2.05, 4.69) is 60.4 Å². The van der Waals surface area contributed by atoms with Gasteiger partial charge in [0, 0.05) is 6.42 Å². The molecule has 0 unspecified atom stereocenters. The molecule has 0 N–H and O–H groups in total. The van der Waals surface area contributed by atoms with Crippen LogP contribution in [-0.4, -0.2) is 20.2 Å². The van der Waals surface area contributed by atoms with Crippen molar-refractivity contribution in [1.82, 2.24) is 0 Å². The van der Waals surface area contributed by atoms with E-state index < -0.39 is 8.32 Å². The topological polar surface area (TPSA) is 26.3 Å². The Morgan fingerprint density at radius 3 is 2.55 bits per heavy atom. The van der Waals surface area contributed by atoms with Crippen LogP contribution in [0.5, 0.6) is 0 Å². The summed E-state index contributed by atoms with van der Waals surface area (Å²) < 4.78 is 7.12. The fourth-order valence-electron chi connectivity index (χ4n) is 8.35. The van der Waals surface area contributed by atoms with Crippen LogP contribution in [0.25, 0.3) is 0 Å². The van der Waals surface area contributed by atoms with E-state index in [-0.39, 0.29) is 10.5 Å². The molecule has 0 spiro atoms. The van der Waals surface area contributed by atoms with Gasteiger partial charge in [-0.25, -0.2) is 0 Å². The van der Waals surface area contributed by atoms with Gasteiger partial charge in [0.05, 0.1) is 6.10 Å². The first-order valence-electron chi connectivity index (χ1n) is 13.9. The Labute approximate surface area is 205 Å². The predicted octanol–water partition coefficient (Wildman–Crippen LogP) is 8.49. The first-order valence-corrected chi connectivity index (χ1v) is 16.8. The standard InChI is InChI=1S/C30H50O2Si/c1-9-10-11-12-21-19-23(31)20-22-13-14-24-25-15-16-27(32-33(7,8)28(2,3)4)29(25,5)18-17-26(24)30(21,22)6/h9,20-21,24-27H,1,10-19H2,2-8H3/t21-,24-,25-,26-,27-,29-,30-/m0/s1. The van der Waals surface area contributed by atoms with E-state index >= 15 is 0 Å².